The molecule has 24 heavy (non-hydrogen) atoms. The summed E-state index contributed by atoms with van der Waals surface area (Å²) in [5.41, 5.74) is 0. The number of aliphatic imine (C=N–C) groups is 1. The first-order valence-electron chi connectivity index (χ1n) is 10.5. The molecule has 4 nitrogen and oxygen atoms in total. The van der Waals surface area contributed by atoms with Crippen molar-refractivity contribution >= 4 is 5.96 Å². The minimum atomic E-state index is 0.588. The predicted octanol–water partition coefficient (Wildman–Crippen LogP) is 3.38. The highest BCUT2D eigenvalue weighted by molar-refractivity contribution is 5.80. The fourth-order valence-corrected chi connectivity index (χ4v) is 4.68. The van der Waals surface area contributed by atoms with Crippen LogP contribution in [0.3, 0.4) is 0 Å². The molecule has 138 valence electrons. The molecule has 1 aliphatic heterocycles. The molecule has 1 heterocycles. The van der Waals surface area contributed by atoms with Crippen LogP contribution in [0.1, 0.15) is 72.1 Å². The summed E-state index contributed by atoms with van der Waals surface area (Å²) in [4.78, 5) is 7.30. The smallest absolute Gasteiger partial charge is 0.191 e. The fourth-order valence-electron chi connectivity index (χ4n) is 4.68. The monoisotopic (exact) mass is 334 g/mol. The van der Waals surface area contributed by atoms with Crippen LogP contribution < -0.4 is 10.6 Å². The van der Waals surface area contributed by atoms with Crippen LogP contribution >= 0.6 is 0 Å². The topological polar surface area (TPSA) is 39.7 Å². The lowest BCUT2D eigenvalue weighted by atomic mass is 9.85. The van der Waals surface area contributed by atoms with Crippen molar-refractivity contribution in [3.05, 3.63) is 0 Å². The predicted molar refractivity (Wildman–Crippen MR) is 102 cm³/mol. The van der Waals surface area contributed by atoms with Gasteiger partial charge >= 0.3 is 0 Å². The summed E-state index contributed by atoms with van der Waals surface area (Å²) < 4.78 is 0. The molecule has 2 atom stereocenters. The van der Waals surface area contributed by atoms with Crippen LogP contribution in [0.25, 0.3) is 0 Å². The Bertz CT molecular complexity index is 406. The van der Waals surface area contributed by atoms with Crippen LogP contribution in [0, 0.1) is 11.8 Å². The zero-order valence-corrected chi connectivity index (χ0v) is 16.1. The molecular formula is C20H38N4. The second-order valence-electron chi connectivity index (χ2n) is 8.42. The van der Waals surface area contributed by atoms with Crippen molar-refractivity contribution in [2.24, 2.45) is 16.8 Å². The number of piperidine rings is 1. The molecule has 0 amide bonds. The molecule has 1 saturated heterocycles. The Morgan fingerprint density at radius 2 is 1.75 bits per heavy atom. The van der Waals surface area contributed by atoms with Gasteiger partial charge in [-0.15, -0.1) is 0 Å². The van der Waals surface area contributed by atoms with Gasteiger partial charge in [0.2, 0.25) is 0 Å². The molecular weight excluding hydrogens is 296 g/mol. The van der Waals surface area contributed by atoms with Crippen LogP contribution in [-0.2, 0) is 0 Å². The third-order valence-corrected chi connectivity index (χ3v) is 6.33. The van der Waals surface area contributed by atoms with Gasteiger partial charge in [0.25, 0.3) is 0 Å². The maximum absolute atomic E-state index is 4.71. The lowest BCUT2D eigenvalue weighted by Crippen LogP contribution is -2.50. The zero-order valence-electron chi connectivity index (χ0n) is 16.1. The first kappa shape index (κ1) is 18.0. The van der Waals surface area contributed by atoms with Gasteiger partial charge < -0.3 is 15.5 Å². The second kappa shape index (κ2) is 8.55. The number of hydrogen-bond acceptors (Lipinski definition) is 2. The van der Waals surface area contributed by atoms with E-state index >= 15 is 0 Å². The summed E-state index contributed by atoms with van der Waals surface area (Å²) in [6.07, 6.45) is 11.1. The summed E-state index contributed by atoms with van der Waals surface area (Å²) in [6.45, 7) is 10.0. The van der Waals surface area contributed by atoms with Gasteiger partial charge in [-0.25, -0.2) is 0 Å². The highest BCUT2D eigenvalue weighted by Gasteiger charge is 2.43. The maximum Gasteiger partial charge on any atom is 0.191 e. The number of guanidine groups is 1. The number of nitrogens with zero attached hydrogens (tertiary/aromatic N) is 2. The van der Waals surface area contributed by atoms with Crippen LogP contribution in [0.2, 0.25) is 0 Å². The molecule has 0 aromatic heterocycles. The Morgan fingerprint density at radius 3 is 2.38 bits per heavy atom. The molecule has 4 heteroatoms. The first-order valence-corrected chi connectivity index (χ1v) is 10.5. The molecule has 2 N–H and O–H groups in total. The van der Waals surface area contributed by atoms with Crippen molar-refractivity contribution in [2.75, 3.05) is 19.6 Å². The number of nitrogens with one attached hydrogen (secondary N) is 2. The standard InChI is InChI=1S/C20H38N4/c1-4-21-20(22-17-10-12-24(13-11-17)15(2)3)23-19-14-18(19)16-8-6-5-7-9-16/h15-19H,4-14H2,1-3H3,(H2,21,22,23). The molecule has 2 unspecified atom stereocenters. The maximum atomic E-state index is 4.71. The van der Waals surface area contributed by atoms with E-state index in [1.54, 1.807) is 0 Å². The van der Waals surface area contributed by atoms with Crippen LogP contribution in [0.5, 0.6) is 0 Å². The van der Waals surface area contributed by atoms with Crippen LogP contribution in [0.4, 0.5) is 0 Å². The number of hydrogen-bond donors (Lipinski definition) is 2. The Kier molecular flexibility index (Phi) is 6.43. The van der Waals surface area contributed by atoms with E-state index in [-0.39, 0.29) is 0 Å². The second-order valence-corrected chi connectivity index (χ2v) is 8.42. The average molecular weight is 335 g/mol. The summed E-state index contributed by atoms with van der Waals surface area (Å²) in [6, 6.07) is 1.95. The van der Waals surface area contributed by atoms with E-state index in [0.29, 0.717) is 18.1 Å². The third-order valence-electron chi connectivity index (χ3n) is 6.33. The Labute approximate surface area is 148 Å². The minimum absolute atomic E-state index is 0.588. The van der Waals surface area contributed by atoms with Gasteiger partial charge in [0.15, 0.2) is 5.96 Å². The molecule has 0 aromatic rings. The van der Waals surface area contributed by atoms with E-state index < -0.39 is 0 Å². The van der Waals surface area contributed by atoms with E-state index in [4.69, 9.17) is 4.99 Å². The van der Waals surface area contributed by atoms with Crippen molar-refractivity contribution in [1.82, 2.24) is 15.5 Å². The van der Waals surface area contributed by atoms with Crippen molar-refractivity contribution in [2.45, 2.75) is 90.3 Å². The van der Waals surface area contributed by atoms with E-state index in [1.807, 2.05) is 0 Å². The van der Waals surface area contributed by atoms with Crippen molar-refractivity contribution in [3.8, 4) is 0 Å². The molecule has 2 saturated carbocycles. The molecule has 0 bridgehead atoms. The van der Waals surface area contributed by atoms with E-state index in [0.717, 1.165) is 24.3 Å². The fraction of sp³-hybridized carbons (Fsp3) is 0.950. The summed E-state index contributed by atoms with van der Waals surface area (Å²) in [5.74, 6) is 2.97. The van der Waals surface area contributed by atoms with Crippen molar-refractivity contribution in [3.63, 3.8) is 0 Å². The molecule has 3 rings (SSSR count). The van der Waals surface area contributed by atoms with Crippen molar-refractivity contribution < 1.29 is 0 Å². The summed E-state index contributed by atoms with van der Waals surface area (Å²) in [7, 11) is 0. The van der Waals surface area contributed by atoms with Crippen molar-refractivity contribution in [1.29, 1.82) is 0 Å². The zero-order chi connectivity index (χ0) is 16.9. The van der Waals surface area contributed by atoms with Gasteiger partial charge in [-0.1, -0.05) is 32.1 Å². The molecule has 3 aliphatic rings. The summed E-state index contributed by atoms with van der Waals surface area (Å²) >= 11 is 0. The normalized spacial score (nSPS) is 30.6. The van der Waals surface area contributed by atoms with Crippen LogP contribution in [0.15, 0.2) is 4.99 Å². The van der Waals surface area contributed by atoms with Gasteiger partial charge in [0.05, 0.1) is 0 Å². The van der Waals surface area contributed by atoms with Gasteiger partial charge in [0.1, 0.15) is 0 Å². The Balaban J connectivity index is 1.43. The average Bonchev–Trinajstić information content (AvgIpc) is 3.35. The highest BCUT2D eigenvalue weighted by atomic mass is 15.2. The highest BCUT2D eigenvalue weighted by Crippen LogP contribution is 2.44. The van der Waals surface area contributed by atoms with Gasteiger partial charge in [-0.05, 0) is 51.9 Å². The van der Waals surface area contributed by atoms with E-state index in [1.165, 1.54) is 64.5 Å². The largest absolute Gasteiger partial charge is 0.354 e. The van der Waals surface area contributed by atoms with E-state index in [2.05, 4.69) is 36.3 Å². The molecule has 2 aliphatic carbocycles. The molecule has 0 aromatic carbocycles. The van der Waals surface area contributed by atoms with Crippen LogP contribution in [-0.4, -0.2) is 48.6 Å². The quantitative estimate of drug-likeness (QED) is 0.598. The molecule has 3 fully saturated rings. The van der Waals surface area contributed by atoms with Gasteiger partial charge in [-0.2, -0.15) is 0 Å². The lowest BCUT2D eigenvalue weighted by molar-refractivity contribution is 0.167. The SMILES string of the molecule is CCN=C(NC1CCN(C(C)C)CC1)NC1CC1C1CCCCC1. The van der Waals surface area contributed by atoms with E-state index in [9.17, 15) is 0 Å². The lowest BCUT2D eigenvalue weighted by Gasteiger charge is -2.35. The minimum Gasteiger partial charge on any atom is -0.354 e. The summed E-state index contributed by atoms with van der Waals surface area (Å²) in [5, 5.41) is 7.47. The molecule has 0 radical (unpaired) electrons. The first-order chi connectivity index (χ1) is 11.7. The van der Waals surface area contributed by atoms with Gasteiger partial charge in [0, 0.05) is 37.8 Å². The Morgan fingerprint density at radius 1 is 1.04 bits per heavy atom. The molecule has 0 spiro atoms. The number of likely N-dealkylation sites (tertiary alicyclic amines) is 1. The Hall–Kier alpha value is -0.770. The van der Waals surface area contributed by atoms with Gasteiger partial charge in [-0.3, -0.25) is 4.99 Å². The third kappa shape index (κ3) is 4.87. The number of rotatable bonds is 5.